The maximum Gasteiger partial charge on any atom is 0.0768 e. The normalized spacial score (nSPS) is 29.9. The first-order chi connectivity index (χ1) is 6.29. The van der Waals surface area contributed by atoms with Gasteiger partial charge in [0.05, 0.1) is 6.10 Å². The molecule has 0 amide bonds. The lowest BCUT2D eigenvalue weighted by Gasteiger charge is -2.24. The molecule has 0 spiro atoms. The number of hydrazine groups is 1. The monoisotopic (exact) mass is 182 g/mol. The topological polar surface area (TPSA) is 47.3 Å². The average Bonchev–Trinajstić information content (AvgIpc) is 2.54. The Kier molecular flexibility index (Phi) is 4.23. The average molecular weight is 182 g/mol. The Labute approximate surface area is 80.0 Å². The molecule has 0 aromatic heterocycles. The Bertz CT molecular complexity index is 188. The van der Waals surface area contributed by atoms with Gasteiger partial charge in [0, 0.05) is 19.1 Å². The molecule has 0 aliphatic carbocycles. The molecule has 0 saturated carbocycles. The highest BCUT2D eigenvalue weighted by atomic mass is 16.5. The van der Waals surface area contributed by atoms with E-state index in [4.69, 9.17) is 17.0 Å². The van der Waals surface area contributed by atoms with Crippen molar-refractivity contribution in [3.63, 3.8) is 0 Å². The minimum absolute atomic E-state index is 0.202. The van der Waals surface area contributed by atoms with Gasteiger partial charge in [-0.3, -0.25) is 11.3 Å². The van der Waals surface area contributed by atoms with E-state index in [9.17, 15) is 0 Å². The molecule has 0 aromatic rings. The number of ether oxygens (including phenoxy) is 1. The predicted molar refractivity (Wildman–Crippen MR) is 52.7 cm³/mol. The maximum atomic E-state index is 5.60. The second-order valence-electron chi connectivity index (χ2n) is 3.62. The van der Waals surface area contributed by atoms with Crippen molar-refractivity contribution in [2.24, 2.45) is 11.8 Å². The van der Waals surface area contributed by atoms with Gasteiger partial charge in [0.2, 0.25) is 0 Å². The van der Waals surface area contributed by atoms with Gasteiger partial charge >= 0.3 is 0 Å². The molecule has 1 saturated heterocycles. The number of hydrogen-bond acceptors (Lipinski definition) is 3. The summed E-state index contributed by atoms with van der Waals surface area (Å²) < 4.78 is 5.60. The standard InChI is InChI=1S/C10H18N2O/c1-3-4-5-9(12-11)10-8(2)6-7-13-10/h1,8-10,12H,4-7,11H2,2H3. The zero-order chi connectivity index (χ0) is 9.68. The van der Waals surface area contributed by atoms with E-state index in [1.165, 1.54) is 0 Å². The van der Waals surface area contributed by atoms with Crippen molar-refractivity contribution >= 4 is 0 Å². The van der Waals surface area contributed by atoms with E-state index >= 15 is 0 Å². The van der Waals surface area contributed by atoms with Crippen molar-refractivity contribution < 1.29 is 4.74 Å². The summed E-state index contributed by atoms with van der Waals surface area (Å²) >= 11 is 0. The molecule has 3 heteroatoms. The molecule has 3 nitrogen and oxygen atoms in total. The quantitative estimate of drug-likeness (QED) is 0.381. The first-order valence-corrected chi connectivity index (χ1v) is 4.80. The van der Waals surface area contributed by atoms with Crippen molar-refractivity contribution in [2.45, 2.75) is 38.3 Å². The lowest BCUT2D eigenvalue weighted by Crippen LogP contribution is -2.45. The Morgan fingerprint density at radius 3 is 3.00 bits per heavy atom. The summed E-state index contributed by atoms with van der Waals surface area (Å²) in [6.45, 7) is 3.04. The van der Waals surface area contributed by atoms with Crippen LogP contribution in [-0.4, -0.2) is 18.8 Å². The van der Waals surface area contributed by atoms with Crippen LogP contribution in [0.25, 0.3) is 0 Å². The fourth-order valence-electron chi connectivity index (χ4n) is 1.81. The molecule has 3 N–H and O–H groups in total. The van der Waals surface area contributed by atoms with Crippen LogP contribution in [0.2, 0.25) is 0 Å². The summed E-state index contributed by atoms with van der Waals surface area (Å²) in [5.74, 6) is 8.66. The van der Waals surface area contributed by atoms with Gasteiger partial charge in [0.15, 0.2) is 0 Å². The van der Waals surface area contributed by atoms with Crippen LogP contribution in [0.3, 0.4) is 0 Å². The number of nitrogens with one attached hydrogen (secondary N) is 1. The molecule has 1 aliphatic rings. The summed E-state index contributed by atoms with van der Waals surface area (Å²) in [6.07, 6.45) is 8.21. The van der Waals surface area contributed by atoms with E-state index in [0.29, 0.717) is 5.92 Å². The molecule has 1 aliphatic heterocycles. The van der Waals surface area contributed by atoms with Crippen LogP contribution >= 0.6 is 0 Å². The van der Waals surface area contributed by atoms with E-state index in [2.05, 4.69) is 18.3 Å². The van der Waals surface area contributed by atoms with Gasteiger partial charge in [0.1, 0.15) is 0 Å². The molecular weight excluding hydrogens is 164 g/mol. The van der Waals surface area contributed by atoms with Crippen LogP contribution in [-0.2, 0) is 4.74 Å². The molecule has 13 heavy (non-hydrogen) atoms. The Morgan fingerprint density at radius 1 is 1.77 bits per heavy atom. The van der Waals surface area contributed by atoms with Gasteiger partial charge in [-0.2, -0.15) is 0 Å². The van der Waals surface area contributed by atoms with Gasteiger partial charge in [-0.1, -0.05) is 6.92 Å². The van der Waals surface area contributed by atoms with Crippen LogP contribution in [0.4, 0.5) is 0 Å². The minimum Gasteiger partial charge on any atom is -0.376 e. The van der Waals surface area contributed by atoms with E-state index in [0.717, 1.165) is 25.9 Å². The van der Waals surface area contributed by atoms with E-state index in [-0.39, 0.29) is 12.1 Å². The van der Waals surface area contributed by atoms with Crippen molar-refractivity contribution in [2.75, 3.05) is 6.61 Å². The predicted octanol–water partition coefficient (Wildman–Crippen LogP) is 0.657. The van der Waals surface area contributed by atoms with E-state index in [1.807, 2.05) is 0 Å². The molecule has 3 unspecified atom stereocenters. The molecule has 1 rings (SSSR count). The first kappa shape index (κ1) is 10.5. The molecule has 74 valence electrons. The summed E-state index contributed by atoms with van der Waals surface area (Å²) in [7, 11) is 0. The van der Waals surface area contributed by atoms with E-state index in [1.54, 1.807) is 0 Å². The van der Waals surface area contributed by atoms with Crippen LogP contribution in [0, 0.1) is 18.3 Å². The summed E-state index contributed by atoms with van der Waals surface area (Å²) in [4.78, 5) is 0. The molecule has 1 heterocycles. The number of rotatable bonds is 4. The summed E-state index contributed by atoms with van der Waals surface area (Å²) in [5.41, 5.74) is 2.79. The molecule has 1 fully saturated rings. The number of hydrogen-bond donors (Lipinski definition) is 2. The van der Waals surface area contributed by atoms with Crippen LogP contribution < -0.4 is 11.3 Å². The first-order valence-electron chi connectivity index (χ1n) is 4.80. The molecule has 0 radical (unpaired) electrons. The van der Waals surface area contributed by atoms with Gasteiger partial charge < -0.3 is 4.74 Å². The fourth-order valence-corrected chi connectivity index (χ4v) is 1.81. The third-order valence-corrected chi connectivity index (χ3v) is 2.65. The number of nitrogens with two attached hydrogens (primary N) is 1. The molecule has 0 bridgehead atoms. The molecule has 0 aromatic carbocycles. The lowest BCUT2D eigenvalue weighted by atomic mass is 9.95. The van der Waals surface area contributed by atoms with Crippen LogP contribution in [0.1, 0.15) is 26.2 Å². The zero-order valence-electron chi connectivity index (χ0n) is 8.12. The third kappa shape index (κ3) is 2.70. The summed E-state index contributed by atoms with van der Waals surface area (Å²) in [6, 6.07) is 0.202. The minimum atomic E-state index is 0.202. The zero-order valence-corrected chi connectivity index (χ0v) is 8.12. The Morgan fingerprint density at radius 2 is 2.54 bits per heavy atom. The second-order valence-corrected chi connectivity index (χ2v) is 3.62. The van der Waals surface area contributed by atoms with Crippen LogP contribution in [0.5, 0.6) is 0 Å². The van der Waals surface area contributed by atoms with Gasteiger partial charge in [-0.15, -0.1) is 12.3 Å². The fraction of sp³-hybridized carbons (Fsp3) is 0.800. The molecule has 3 atom stereocenters. The van der Waals surface area contributed by atoms with Crippen molar-refractivity contribution in [3.8, 4) is 12.3 Å². The number of terminal acetylenes is 1. The summed E-state index contributed by atoms with van der Waals surface area (Å²) in [5, 5.41) is 0. The third-order valence-electron chi connectivity index (χ3n) is 2.65. The highest BCUT2D eigenvalue weighted by molar-refractivity contribution is 4.90. The Hall–Kier alpha value is -0.560. The Balaban J connectivity index is 2.41. The highest BCUT2D eigenvalue weighted by Crippen LogP contribution is 2.24. The lowest BCUT2D eigenvalue weighted by molar-refractivity contribution is 0.0587. The second kappa shape index (κ2) is 5.23. The highest BCUT2D eigenvalue weighted by Gasteiger charge is 2.30. The van der Waals surface area contributed by atoms with Crippen molar-refractivity contribution in [1.29, 1.82) is 0 Å². The smallest absolute Gasteiger partial charge is 0.0768 e. The largest absolute Gasteiger partial charge is 0.376 e. The van der Waals surface area contributed by atoms with Crippen molar-refractivity contribution in [3.05, 3.63) is 0 Å². The SMILES string of the molecule is C#CCCC(NN)C1OCCC1C. The van der Waals surface area contributed by atoms with Crippen molar-refractivity contribution in [1.82, 2.24) is 5.43 Å². The van der Waals surface area contributed by atoms with Gasteiger partial charge in [-0.05, 0) is 18.8 Å². The van der Waals surface area contributed by atoms with Gasteiger partial charge in [-0.25, -0.2) is 0 Å². The van der Waals surface area contributed by atoms with E-state index < -0.39 is 0 Å². The van der Waals surface area contributed by atoms with Gasteiger partial charge in [0.25, 0.3) is 0 Å². The maximum absolute atomic E-state index is 5.60. The molecular formula is C10H18N2O. The van der Waals surface area contributed by atoms with Crippen LogP contribution in [0.15, 0.2) is 0 Å².